The number of thiazole rings is 1. The largest absolute Gasteiger partial charge is 0.338 e. The highest BCUT2D eigenvalue weighted by atomic mass is 32.2. The van der Waals surface area contributed by atoms with Gasteiger partial charge in [-0.2, -0.15) is 4.31 Å². The van der Waals surface area contributed by atoms with Crippen LogP contribution in [-0.4, -0.2) is 61.4 Å². The van der Waals surface area contributed by atoms with Crippen LogP contribution in [0.5, 0.6) is 0 Å². The molecule has 1 aromatic carbocycles. The maximum atomic E-state index is 12.6. The third-order valence-electron chi connectivity index (χ3n) is 4.63. The molecule has 7 nitrogen and oxygen atoms in total. The molecular formula is C19H26N4O3S2. The molecule has 1 fully saturated rings. The number of sulfonamides is 1. The van der Waals surface area contributed by atoms with Crippen molar-refractivity contribution in [2.45, 2.75) is 31.1 Å². The Morgan fingerprint density at radius 1 is 1.18 bits per heavy atom. The highest BCUT2D eigenvalue weighted by molar-refractivity contribution is 7.89. The van der Waals surface area contributed by atoms with Gasteiger partial charge in [-0.1, -0.05) is 32.0 Å². The molecule has 1 aliphatic heterocycles. The Morgan fingerprint density at radius 3 is 2.46 bits per heavy atom. The molecule has 2 heterocycles. The number of amides is 2. The van der Waals surface area contributed by atoms with E-state index in [-0.39, 0.29) is 10.9 Å². The van der Waals surface area contributed by atoms with Crippen molar-refractivity contribution in [1.29, 1.82) is 0 Å². The molecular weight excluding hydrogens is 396 g/mol. The zero-order valence-electron chi connectivity index (χ0n) is 16.2. The van der Waals surface area contributed by atoms with Crippen LogP contribution in [0, 0.1) is 0 Å². The van der Waals surface area contributed by atoms with Gasteiger partial charge in [-0.25, -0.2) is 18.2 Å². The van der Waals surface area contributed by atoms with Crippen molar-refractivity contribution in [3.05, 3.63) is 46.4 Å². The third kappa shape index (κ3) is 4.89. The van der Waals surface area contributed by atoms with Gasteiger partial charge in [-0.15, -0.1) is 11.3 Å². The zero-order chi connectivity index (χ0) is 20.1. The Kier molecular flexibility index (Phi) is 6.69. The van der Waals surface area contributed by atoms with E-state index in [4.69, 9.17) is 0 Å². The summed E-state index contributed by atoms with van der Waals surface area (Å²) in [6.07, 6.45) is 0.692. The van der Waals surface area contributed by atoms with Crippen LogP contribution in [0.4, 0.5) is 4.79 Å². The highest BCUT2D eigenvalue weighted by Gasteiger charge is 2.29. The van der Waals surface area contributed by atoms with E-state index in [2.05, 4.69) is 24.1 Å². The van der Waals surface area contributed by atoms with Gasteiger partial charge in [0.05, 0.1) is 15.6 Å². The number of piperazine rings is 1. The van der Waals surface area contributed by atoms with E-state index in [1.165, 1.54) is 4.31 Å². The normalized spacial score (nSPS) is 15.8. The standard InChI is InChI=1S/C19H26N4O3S2/c1-15(2)18-21-16(14-27-18)8-9-20-19(24)22-10-12-23(13-11-22)28(25,26)17-6-4-3-5-7-17/h3-7,14-15H,8-13H2,1-2H3,(H,20,24). The minimum Gasteiger partial charge on any atom is -0.338 e. The smallest absolute Gasteiger partial charge is 0.317 e. The second-order valence-corrected chi connectivity index (χ2v) is 9.85. The molecule has 3 rings (SSSR count). The van der Waals surface area contributed by atoms with Crippen molar-refractivity contribution >= 4 is 27.4 Å². The summed E-state index contributed by atoms with van der Waals surface area (Å²) in [6.45, 7) is 6.11. The number of hydrogen-bond donors (Lipinski definition) is 1. The van der Waals surface area contributed by atoms with Crippen molar-refractivity contribution in [1.82, 2.24) is 19.5 Å². The molecule has 0 unspecified atom stereocenters. The summed E-state index contributed by atoms with van der Waals surface area (Å²) in [5, 5.41) is 6.05. The average molecular weight is 423 g/mol. The van der Waals surface area contributed by atoms with Crippen LogP contribution in [0.2, 0.25) is 0 Å². The summed E-state index contributed by atoms with van der Waals surface area (Å²) in [5.41, 5.74) is 0.993. The second-order valence-electron chi connectivity index (χ2n) is 7.02. The number of nitrogens with zero attached hydrogens (tertiary/aromatic N) is 3. The van der Waals surface area contributed by atoms with E-state index >= 15 is 0 Å². The maximum Gasteiger partial charge on any atom is 0.317 e. The molecule has 152 valence electrons. The molecule has 9 heteroatoms. The molecule has 0 atom stereocenters. The molecule has 0 saturated carbocycles. The van der Waals surface area contributed by atoms with Gasteiger partial charge in [-0.05, 0) is 12.1 Å². The fraction of sp³-hybridized carbons (Fsp3) is 0.474. The molecule has 0 aliphatic carbocycles. The van der Waals surface area contributed by atoms with E-state index < -0.39 is 10.0 Å². The van der Waals surface area contributed by atoms with E-state index in [1.54, 1.807) is 46.6 Å². The summed E-state index contributed by atoms with van der Waals surface area (Å²) >= 11 is 1.65. The Morgan fingerprint density at radius 2 is 1.86 bits per heavy atom. The monoisotopic (exact) mass is 422 g/mol. The average Bonchev–Trinajstić information content (AvgIpc) is 3.18. The summed E-state index contributed by atoms with van der Waals surface area (Å²) in [4.78, 5) is 18.9. The lowest BCUT2D eigenvalue weighted by atomic mass is 10.2. The van der Waals surface area contributed by atoms with Gasteiger partial charge in [0, 0.05) is 50.4 Å². The first-order chi connectivity index (χ1) is 13.4. The molecule has 2 amide bonds. The molecule has 2 aromatic rings. The molecule has 0 spiro atoms. The fourth-order valence-electron chi connectivity index (χ4n) is 2.99. The number of rotatable bonds is 6. The number of hydrogen-bond acceptors (Lipinski definition) is 5. The number of carbonyl (C=O) groups excluding carboxylic acids is 1. The van der Waals surface area contributed by atoms with Crippen LogP contribution < -0.4 is 5.32 Å². The van der Waals surface area contributed by atoms with Gasteiger partial charge >= 0.3 is 6.03 Å². The van der Waals surface area contributed by atoms with Crippen LogP contribution in [-0.2, 0) is 16.4 Å². The van der Waals surface area contributed by atoms with Crippen molar-refractivity contribution in [2.24, 2.45) is 0 Å². The lowest BCUT2D eigenvalue weighted by Gasteiger charge is -2.34. The van der Waals surface area contributed by atoms with Crippen molar-refractivity contribution in [2.75, 3.05) is 32.7 Å². The number of nitrogens with one attached hydrogen (secondary N) is 1. The van der Waals surface area contributed by atoms with Crippen molar-refractivity contribution in [3.8, 4) is 0 Å². The minimum atomic E-state index is -3.50. The number of urea groups is 1. The van der Waals surface area contributed by atoms with Crippen LogP contribution >= 0.6 is 11.3 Å². The molecule has 0 bridgehead atoms. The predicted octanol–water partition coefficient (Wildman–Crippen LogP) is 2.53. The van der Waals surface area contributed by atoms with Gasteiger partial charge in [0.1, 0.15) is 0 Å². The molecule has 1 aromatic heterocycles. The first kappa shape index (κ1) is 20.8. The zero-order valence-corrected chi connectivity index (χ0v) is 17.8. The molecule has 0 radical (unpaired) electrons. The summed E-state index contributed by atoms with van der Waals surface area (Å²) in [6, 6.07) is 8.24. The molecule has 1 saturated heterocycles. The molecule has 28 heavy (non-hydrogen) atoms. The Labute approximate surface area is 170 Å². The van der Waals surface area contributed by atoms with Crippen LogP contribution in [0.15, 0.2) is 40.6 Å². The third-order valence-corrected chi connectivity index (χ3v) is 7.73. The lowest BCUT2D eigenvalue weighted by molar-refractivity contribution is 0.172. The topological polar surface area (TPSA) is 82.6 Å². The second kappa shape index (κ2) is 9.02. The SMILES string of the molecule is CC(C)c1nc(CCNC(=O)N2CCN(S(=O)(=O)c3ccccc3)CC2)cs1. The maximum absolute atomic E-state index is 12.6. The van der Waals surface area contributed by atoms with Gasteiger partial charge in [0.2, 0.25) is 10.0 Å². The van der Waals surface area contributed by atoms with Gasteiger partial charge in [0.25, 0.3) is 0 Å². The van der Waals surface area contributed by atoms with Gasteiger partial charge in [0.15, 0.2) is 0 Å². The van der Waals surface area contributed by atoms with Crippen LogP contribution in [0.25, 0.3) is 0 Å². The Balaban J connectivity index is 1.46. The summed E-state index contributed by atoms with van der Waals surface area (Å²) < 4.78 is 26.7. The first-order valence-corrected chi connectivity index (χ1v) is 11.7. The van der Waals surface area contributed by atoms with E-state index in [0.717, 1.165) is 10.7 Å². The van der Waals surface area contributed by atoms with Gasteiger partial charge in [-0.3, -0.25) is 0 Å². The first-order valence-electron chi connectivity index (χ1n) is 9.40. The summed E-state index contributed by atoms with van der Waals surface area (Å²) in [5.74, 6) is 0.414. The summed E-state index contributed by atoms with van der Waals surface area (Å²) in [7, 11) is -3.50. The van der Waals surface area contributed by atoms with Crippen molar-refractivity contribution < 1.29 is 13.2 Å². The van der Waals surface area contributed by atoms with Crippen LogP contribution in [0.1, 0.15) is 30.5 Å². The predicted molar refractivity (Wildman–Crippen MR) is 110 cm³/mol. The number of benzene rings is 1. The molecule has 1 aliphatic rings. The molecule has 1 N–H and O–H groups in total. The van der Waals surface area contributed by atoms with E-state index in [1.807, 2.05) is 5.38 Å². The lowest BCUT2D eigenvalue weighted by Crippen LogP contribution is -2.53. The fourth-order valence-corrected chi connectivity index (χ4v) is 5.30. The highest BCUT2D eigenvalue weighted by Crippen LogP contribution is 2.19. The van der Waals surface area contributed by atoms with E-state index in [0.29, 0.717) is 45.1 Å². The number of carbonyl (C=O) groups is 1. The number of aromatic nitrogens is 1. The Hall–Kier alpha value is -1.97. The Bertz CT molecular complexity index is 889. The minimum absolute atomic E-state index is 0.156. The van der Waals surface area contributed by atoms with E-state index in [9.17, 15) is 13.2 Å². The van der Waals surface area contributed by atoms with Crippen LogP contribution in [0.3, 0.4) is 0 Å². The van der Waals surface area contributed by atoms with Crippen molar-refractivity contribution in [3.63, 3.8) is 0 Å². The quantitative estimate of drug-likeness (QED) is 0.775. The van der Waals surface area contributed by atoms with Gasteiger partial charge < -0.3 is 10.2 Å².